The van der Waals surface area contributed by atoms with Crippen LogP contribution in [0.2, 0.25) is 19.0 Å². The molecule has 4 heterocycles. The Balaban J connectivity index is -0.000000214. The van der Waals surface area contributed by atoms with Crippen molar-refractivity contribution in [2.75, 3.05) is 26.4 Å². The molecule has 3 saturated heterocycles. The van der Waals surface area contributed by atoms with Gasteiger partial charge in [0, 0.05) is 19.8 Å². The molecule has 0 aromatic rings. The van der Waals surface area contributed by atoms with Gasteiger partial charge in [-0.2, -0.15) is 0 Å². The SMILES string of the molecule is CC.CC.CC.CC.CC(C)(C)C1=CB(O)OC1.CC(C)(C)C1COB(O)C1.C[C@@H]1COB(O)C1.C[C@H]1COB(O)C1. The van der Waals surface area contributed by atoms with Gasteiger partial charge in [-0.25, -0.2) is 0 Å². The van der Waals surface area contributed by atoms with E-state index in [-0.39, 0.29) is 10.8 Å². The lowest BCUT2D eigenvalue weighted by atomic mass is 9.71. The maximum Gasteiger partial charge on any atom is 0.483 e. The van der Waals surface area contributed by atoms with Crippen LogP contribution in [-0.2, 0) is 18.6 Å². The van der Waals surface area contributed by atoms with E-state index in [4.69, 9.17) is 38.7 Å². The lowest BCUT2D eigenvalue weighted by Crippen LogP contribution is -2.20. The van der Waals surface area contributed by atoms with E-state index < -0.39 is 28.5 Å². The van der Waals surface area contributed by atoms with Crippen molar-refractivity contribution in [3.05, 3.63) is 11.5 Å². The summed E-state index contributed by atoms with van der Waals surface area (Å²) in [6, 6.07) is 0. The van der Waals surface area contributed by atoms with Crippen LogP contribution in [0.4, 0.5) is 0 Å². The van der Waals surface area contributed by atoms with Crippen LogP contribution in [0.5, 0.6) is 0 Å². The Kier molecular flexibility index (Phi) is 32.6. The zero-order chi connectivity index (χ0) is 34.1. The Hall–Kier alpha value is -0.320. The van der Waals surface area contributed by atoms with Crippen molar-refractivity contribution in [1.29, 1.82) is 0 Å². The molecule has 3 fully saturated rings. The van der Waals surface area contributed by atoms with E-state index in [1.807, 2.05) is 55.4 Å². The fraction of sp³-hybridized carbons (Fsp3) is 0.933. The van der Waals surface area contributed by atoms with Gasteiger partial charge in [-0.05, 0) is 53.1 Å². The van der Waals surface area contributed by atoms with Gasteiger partial charge in [-0.15, -0.1) is 0 Å². The van der Waals surface area contributed by atoms with E-state index >= 15 is 0 Å². The second-order valence-corrected chi connectivity index (χ2v) is 12.0. The molecule has 0 saturated carbocycles. The average Bonchev–Trinajstić information content (AvgIpc) is 3.75. The lowest BCUT2D eigenvalue weighted by molar-refractivity contribution is 0.193. The quantitative estimate of drug-likeness (QED) is 0.231. The Morgan fingerprint density at radius 3 is 1.07 bits per heavy atom. The first-order valence-corrected chi connectivity index (χ1v) is 16.5. The smallest absolute Gasteiger partial charge is 0.427 e. The highest BCUT2D eigenvalue weighted by molar-refractivity contribution is 6.50. The molecule has 0 aromatic heterocycles. The van der Waals surface area contributed by atoms with Crippen LogP contribution in [-0.4, -0.2) is 75.0 Å². The summed E-state index contributed by atoms with van der Waals surface area (Å²) in [5.41, 5.74) is 1.59. The average molecular weight is 602 g/mol. The number of hydrogen-bond donors (Lipinski definition) is 4. The molecule has 0 radical (unpaired) electrons. The molecule has 0 aliphatic carbocycles. The predicted molar refractivity (Wildman–Crippen MR) is 184 cm³/mol. The zero-order valence-electron chi connectivity index (χ0n) is 30.5. The standard InChI is InChI=1S/C7H15BO2.C7H13BO2.2C4H9BO2.4C2H6/c2*1-7(2,3)6-4-8(9)10-5-6;2*1-4-2-5(6)7-3-4;4*1-2/h6,9H,4-5H2,1-3H3;4,9H,5H2,1-3H3;2*4,6H,2-3H2,1H3;4*1-2H3/t;;2*4-;;;;/m..10..../s1. The van der Waals surface area contributed by atoms with Crippen LogP contribution in [0.15, 0.2) is 11.5 Å². The highest BCUT2D eigenvalue weighted by Crippen LogP contribution is 2.33. The van der Waals surface area contributed by atoms with Gasteiger partial charge in [0.15, 0.2) is 0 Å². The van der Waals surface area contributed by atoms with Gasteiger partial charge in [0.05, 0.1) is 6.61 Å². The Labute approximate surface area is 263 Å². The van der Waals surface area contributed by atoms with Gasteiger partial charge in [-0.1, -0.05) is 117 Å². The maximum atomic E-state index is 9.04. The Morgan fingerprint density at radius 1 is 0.595 bits per heavy atom. The van der Waals surface area contributed by atoms with Crippen LogP contribution in [0.1, 0.15) is 111 Å². The third-order valence-corrected chi connectivity index (χ3v) is 6.27. The molecule has 4 aliphatic heterocycles. The molecule has 12 heteroatoms. The molecule has 0 bridgehead atoms. The van der Waals surface area contributed by atoms with Crippen molar-refractivity contribution in [3.8, 4) is 0 Å². The van der Waals surface area contributed by atoms with Crippen molar-refractivity contribution in [1.82, 2.24) is 0 Å². The summed E-state index contributed by atoms with van der Waals surface area (Å²) in [4.78, 5) is 0. The highest BCUT2D eigenvalue weighted by atomic mass is 16.5. The predicted octanol–water partition coefficient (Wildman–Crippen LogP) is 6.54. The molecular weight excluding hydrogens is 532 g/mol. The van der Waals surface area contributed by atoms with Crippen molar-refractivity contribution in [2.24, 2.45) is 28.6 Å². The summed E-state index contributed by atoms with van der Waals surface area (Å²) < 4.78 is 19.6. The first kappa shape index (κ1) is 48.6. The molecule has 8 nitrogen and oxygen atoms in total. The monoisotopic (exact) mass is 603 g/mol. The van der Waals surface area contributed by atoms with Crippen LogP contribution in [0.3, 0.4) is 0 Å². The van der Waals surface area contributed by atoms with E-state index in [1.54, 1.807) is 5.98 Å². The largest absolute Gasteiger partial charge is 0.483 e. The summed E-state index contributed by atoms with van der Waals surface area (Å²) in [7, 11) is -2.14. The minimum absolute atomic E-state index is 0.136. The van der Waals surface area contributed by atoms with Crippen LogP contribution >= 0.6 is 0 Å². The molecule has 4 aliphatic rings. The van der Waals surface area contributed by atoms with Gasteiger partial charge < -0.3 is 38.7 Å². The lowest BCUT2D eigenvalue weighted by Gasteiger charge is -2.25. The van der Waals surface area contributed by atoms with Gasteiger partial charge in [0.2, 0.25) is 0 Å². The van der Waals surface area contributed by atoms with Crippen molar-refractivity contribution in [2.45, 2.75) is 130 Å². The second-order valence-electron chi connectivity index (χ2n) is 12.0. The summed E-state index contributed by atoms with van der Waals surface area (Å²) >= 11 is 0. The number of rotatable bonds is 0. The molecule has 0 amide bonds. The first-order valence-electron chi connectivity index (χ1n) is 16.5. The summed E-state index contributed by atoms with van der Waals surface area (Å²) in [5.74, 6) is 3.40. The molecule has 4 rings (SSSR count). The topological polar surface area (TPSA) is 118 Å². The normalized spacial score (nSPS) is 22.4. The van der Waals surface area contributed by atoms with E-state index in [9.17, 15) is 0 Å². The molecule has 0 aromatic carbocycles. The maximum absolute atomic E-state index is 9.04. The third-order valence-electron chi connectivity index (χ3n) is 6.27. The summed E-state index contributed by atoms with van der Waals surface area (Å²) in [6.45, 7) is 35.7. The first-order chi connectivity index (χ1) is 19.6. The summed E-state index contributed by atoms with van der Waals surface area (Å²) in [6.07, 6.45) is 2.41. The van der Waals surface area contributed by atoms with E-state index in [2.05, 4.69) is 55.4 Å². The van der Waals surface area contributed by atoms with Gasteiger partial charge in [0.25, 0.3) is 0 Å². The zero-order valence-corrected chi connectivity index (χ0v) is 30.5. The van der Waals surface area contributed by atoms with Crippen molar-refractivity contribution < 1.29 is 38.7 Å². The van der Waals surface area contributed by atoms with Crippen molar-refractivity contribution in [3.63, 3.8) is 0 Å². The van der Waals surface area contributed by atoms with Crippen LogP contribution in [0.25, 0.3) is 0 Å². The summed E-state index contributed by atoms with van der Waals surface area (Å²) in [5, 5.41) is 35.4. The molecule has 3 atom stereocenters. The van der Waals surface area contributed by atoms with Gasteiger partial charge in [-0.3, -0.25) is 0 Å². The van der Waals surface area contributed by atoms with Gasteiger partial charge in [0.1, 0.15) is 0 Å². The molecule has 250 valence electrons. The molecule has 4 N–H and O–H groups in total. The second kappa shape index (κ2) is 28.2. The number of hydrogen-bond acceptors (Lipinski definition) is 8. The minimum Gasteiger partial charge on any atom is -0.427 e. The third kappa shape index (κ3) is 26.1. The fourth-order valence-corrected chi connectivity index (χ4v) is 3.63. The minimum atomic E-state index is -0.672. The van der Waals surface area contributed by atoms with Gasteiger partial charge >= 0.3 is 28.5 Å². The van der Waals surface area contributed by atoms with Crippen LogP contribution in [0, 0.1) is 28.6 Å². The molecule has 0 spiro atoms. The molecular formula is C30H70B4O8. The Morgan fingerprint density at radius 2 is 0.952 bits per heavy atom. The highest BCUT2D eigenvalue weighted by Gasteiger charge is 2.36. The molecule has 1 unspecified atom stereocenters. The fourth-order valence-electron chi connectivity index (χ4n) is 3.63. The Bertz CT molecular complexity index is 581. The van der Waals surface area contributed by atoms with Crippen molar-refractivity contribution >= 4 is 28.5 Å². The van der Waals surface area contributed by atoms with E-state index in [1.165, 1.54) is 5.57 Å². The molecule has 42 heavy (non-hydrogen) atoms. The van der Waals surface area contributed by atoms with E-state index in [0.717, 1.165) is 32.2 Å². The van der Waals surface area contributed by atoms with Crippen LogP contribution < -0.4 is 0 Å². The van der Waals surface area contributed by atoms with E-state index in [0.29, 0.717) is 31.0 Å².